The van der Waals surface area contributed by atoms with E-state index in [-0.39, 0.29) is 30.1 Å². The molecule has 0 spiro atoms. The van der Waals surface area contributed by atoms with Crippen LogP contribution in [0.25, 0.3) is 0 Å². The lowest BCUT2D eigenvalue weighted by Crippen LogP contribution is -2.38. The molecule has 26 heavy (non-hydrogen) atoms. The normalized spacial score (nSPS) is 14.1. The first kappa shape index (κ1) is 23.0. The van der Waals surface area contributed by atoms with Gasteiger partial charge in [-0.05, 0) is 63.6 Å². The van der Waals surface area contributed by atoms with Crippen LogP contribution in [0, 0.1) is 5.92 Å². The summed E-state index contributed by atoms with van der Waals surface area (Å²) in [6.45, 7) is 10.3. The van der Waals surface area contributed by atoms with Gasteiger partial charge in [0.2, 0.25) is 0 Å². The smallest absolute Gasteiger partial charge is 0.191 e. The van der Waals surface area contributed by atoms with Crippen molar-refractivity contribution in [3.8, 4) is 5.75 Å². The molecule has 1 saturated carbocycles. The van der Waals surface area contributed by atoms with Gasteiger partial charge in [-0.1, -0.05) is 12.1 Å². The number of nitrogens with one attached hydrogen (secondary N) is 2. The zero-order valence-corrected chi connectivity index (χ0v) is 18.6. The average Bonchev–Trinajstić information content (AvgIpc) is 3.40. The van der Waals surface area contributed by atoms with Crippen LogP contribution in [0.4, 0.5) is 0 Å². The molecule has 0 aromatic heterocycles. The molecule has 1 fully saturated rings. The molecule has 2 rings (SSSR count). The van der Waals surface area contributed by atoms with E-state index >= 15 is 0 Å². The Morgan fingerprint density at radius 2 is 1.92 bits per heavy atom. The van der Waals surface area contributed by atoms with Gasteiger partial charge in [0.15, 0.2) is 5.96 Å². The minimum Gasteiger partial charge on any atom is -0.491 e. The van der Waals surface area contributed by atoms with Gasteiger partial charge in [0.1, 0.15) is 5.75 Å². The predicted molar refractivity (Wildman–Crippen MR) is 119 cm³/mol. The van der Waals surface area contributed by atoms with Crippen LogP contribution in [-0.2, 0) is 11.3 Å². The molecule has 0 atom stereocenters. The third-order valence-corrected chi connectivity index (χ3v) is 3.87. The van der Waals surface area contributed by atoms with Crippen molar-refractivity contribution >= 4 is 29.9 Å². The molecule has 148 valence electrons. The summed E-state index contributed by atoms with van der Waals surface area (Å²) in [5.74, 6) is 2.59. The van der Waals surface area contributed by atoms with Crippen molar-refractivity contribution < 1.29 is 9.47 Å². The Kier molecular flexibility index (Phi) is 11.7. The zero-order chi connectivity index (χ0) is 17.9. The highest BCUT2D eigenvalue weighted by Crippen LogP contribution is 2.28. The molecule has 0 unspecified atom stereocenters. The highest BCUT2D eigenvalue weighted by molar-refractivity contribution is 14.0. The topological polar surface area (TPSA) is 54.9 Å². The maximum atomic E-state index is 5.66. The predicted octanol–water partition coefficient (Wildman–Crippen LogP) is 3.96. The van der Waals surface area contributed by atoms with Crippen molar-refractivity contribution in [2.45, 2.75) is 52.7 Å². The molecule has 2 N–H and O–H groups in total. The number of rotatable bonds is 11. The van der Waals surface area contributed by atoms with Crippen LogP contribution >= 0.6 is 24.0 Å². The third kappa shape index (κ3) is 10.2. The lowest BCUT2D eigenvalue weighted by atomic mass is 10.2. The molecule has 5 nitrogen and oxygen atoms in total. The Bertz CT molecular complexity index is 516. The van der Waals surface area contributed by atoms with Gasteiger partial charge in [0, 0.05) is 26.3 Å². The minimum absolute atomic E-state index is 0. The summed E-state index contributed by atoms with van der Waals surface area (Å²) >= 11 is 0. The van der Waals surface area contributed by atoms with Crippen molar-refractivity contribution in [2.24, 2.45) is 10.9 Å². The summed E-state index contributed by atoms with van der Waals surface area (Å²) in [7, 11) is 0. The van der Waals surface area contributed by atoms with Crippen molar-refractivity contribution in [3.63, 3.8) is 0 Å². The second-order valence-electron chi connectivity index (χ2n) is 6.80. The van der Waals surface area contributed by atoms with Gasteiger partial charge in [0.05, 0.1) is 12.6 Å². The van der Waals surface area contributed by atoms with Crippen LogP contribution in [0.5, 0.6) is 5.75 Å². The van der Waals surface area contributed by atoms with E-state index in [2.05, 4.69) is 34.7 Å². The summed E-state index contributed by atoms with van der Waals surface area (Å²) in [6, 6.07) is 8.14. The molecule has 0 radical (unpaired) electrons. The summed E-state index contributed by atoms with van der Waals surface area (Å²) in [5.41, 5.74) is 1.17. The van der Waals surface area contributed by atoms with Crippen LogP contribution in [0.3, 0.4) is 0 Å². The molecule has 1 aliphatic carbocycles. The van der Waals surface area contributed by atoms with Crippen molar-refractivity contribution in [1.29, 1.82) is 0 Å². The van der Waals surface area contributed by atoms with Crippen molar-refractivity contribution in [1.82, 2.24) is 10.6 Å². The second kappa shape index (κ2) is 13.2. The number of benzene rings is 1. The number of aliphatic imine (C=N–C) groups is 1. The average molecular weight is 475 g/mol. The third-order valence-electron chi connectivity index (χ3n) is 3.87. The maximum absolute atomic E-state index is 5.66. The quantitative estimate of drug-likeness (QED) is 0.220. The molecular formula is C20H34IN3O2. The molecule has 0 bridgehead atoms. The van der Waals surface area contributed by atoms with E-state index < -0.39 is 0 Å². The largest absolute Gasteiger partial charge is 0.491 e. The lowest BCUT2D eigenvalue weighted by Gasteiger charge is -2.12. The molecule has 0 aliphatic heterocycles. The van der Waals surface area contributed by atoms with E-state index in [9.17, 15) is 0 Å². The Morgan fingerprint density at radius 3 is 2.54 bits per heavy atom. The van der Waals surface area contributed by atoms with Crippen molar-refractivity contribution in [3.05, 3.63) is 29.8 Å². The first-order chi connectivity index (χ1) is 12.2. The Balaban J connectivity index is 0.00000338. The number of halogens is 1. The highest BCUT2D eigenvalue weighted by Gasteiger charge is 2.20. The van der Waals surface area contributed by atoms with Gasteiger partial charge in [0.25, 0.3) is 0 Å². The molecule has 0 amide bonds. The van der Waals surface area contributed by atoms with Gasteiger partial charge in [-0.25, -0.2) is 4.99 Å². The van der Waals surface area contributed by atoms with Gasteiger partial charge in [-0.3, -0.25) is 0 Å². The van der Waals surface area contributed by atoms with E-state index in [1.807, 2.05) is 26.0 Å². The molecule has 1 aromatic rings. The number of nitrogens with zero attached hydrogens (tertiary/aromatic N) is 1. The maximum Gasteiger partial charge on any atom is 0.191 e. The number of hydrogen-bond acceptors (Lipinski definition) is 3. The molecule has 0 saturated heterocycles. The number of ether oxygens (including phenoxy) is 2. The van der Waals surface area contributed by atoms with Crippen molar-refractivity contribution in [2.75, 3.05) is 26.3 Å². The SMILES string of the molecule is CCNC(=NCc1ccc(OC(C)C)cc1)NCCCOCC1CC1.I. The van der Waals surface area contributed by atoms with Gasteiger partial charge in [-0.2, -0.15) is 0 Å². The number of guanidine groups is 1. The van der Waals surface area contributed by atoms with Gasteiger partial charge < -0.3 is 20.1 Å². The van der Waals surface area contributed by atoms with E-state index in [0.29, 0.717) is 6.54 Å². The van der Waals surface area contributed by atoms with Gasteiger partial charge in [-0.15, -0.1) is 24.0 Å². The van der Waals surface area contributed by atoms with Gasteiger partial charge >= 0.3 is 0 Å². The van der Waals surface area contributed by atoms with Crippen LogP contribution < -0.4 is 15.4 Å². The lowest BCUT2D eigenvalue weighted by molar-refractivity contribution is 0.123. The molecular weight excluding hydrogens is 441 g/mol. The first-order valence-corrected chi connectivity index (χ1v) is 9.53. The molecule has 0 heterocycles. The van der Waals surface area contributed by atoms with E-state index in [1.165, 1.54) is 18.4 Å². The van der Waals surface area contributed by atoms with E-state index in [0.717, 1.165) is 50.4 Å². The summed E-state index contributed by atoms with van der Waals surface area (Å²) < 4.78 is 11.3. The summed E-state index contributed by atoms with van der Waals surface area (Å²) in [5, 5.41) is 6.65. The Morgan fingerprint density at radius 1 is 1.19 bits per heavy atom. The summed E-state index contributed by atoms with van der Waals surface area (Å²) in [4.78, 5) is 4.64. The second-order valence-corrected chi connectivity index (χ2v) is 6.80. The summed E-state index contributed by atoms with van der Waals surface area (Å²) in [6.07, 6.45) is 3.89. The van der Waals surface area contributed by atoms with E-state index in [4.69, 9.17) is 9.47 Å². The Labute approximate surface area is 175 Å². The molecule has 6 heteroatoms. The highest BCUT2D eigenvalue weighted by atomic mass is 127. The fraction of sp³-hybridized carbons (Fsp3) is 0.650. The van der Waals surface area contributed by atoms with Crippen LogP contribution in [-0.4, -0.2) is 38.4 Å². The molecule has 1 aromatic carbocycles. The Hall–Kier alpha value is -1.02. The zero-order valence-electron chi connectivity index (χ0n) is 16.3. The van der Waals surface area contributed by atoms with Crippen LogP contribution in [0.1, 0.15) is 45.6 Å². The monoisotopic (exact) mass is 475 g/mol. The van der Waals surface area contributed by atoms with Crippen LogP contribution in [0.15, 0.2) is 29.3 Å². The fourth-order valence-corrected chi connectivity index (χ4v) is 2.37. The number of hydrogen-bond donors (Lipinski definition) is 2. The van der Waals surface area contributed by atoms with Crippen LogP contribution in [0.2, 0.25) is 0 Å². The van der Waals surface area contributed by atoms with E-state index in [1.54, 1.807) is 0 Å². The fourth-order valence-electron chi connectivity index (χ4n) is 2.37. The minimum atomic E-state index is 0. The standard InChI is InChI=1S/C20H33N3O2.HI/c1-4-21-20(22-12-5-13-24-15-18-6-7-18)23-14-17-8-10-19(11-9-17)25-16(2)3;/h8-11,16,18H,4-7,12-15H2,1-3H3,(H2,21,22,23);1H. The first-order valence-electron chi connectivity index (χ1n) is 9.53. The molecule has 1 aliphatic rings.